The molecule has 0 spiro atoms. The maximum Gasteiger partial charge on any atom is 0.244 e. The van der Waals surface area contributed by atoms with E-state index < -0.39 is 10.0 Å². The molecule has 0 aromatic carbocycles. The molecule has 1 aromatic heterocycles. The zero-order chi connectivity index (χ0) is 15.0. The molecular weight excluding hydrogens is 308 g/mol. The number of sulfonamides is 1. The Kier molecular flexibility index (Phi) is 4.38. The Morgan fingerprint density at radius 1 is 1.38 bits per heavy atom. The summed E-state index contributed by atoms with van der Waals surface area (Å²) in [5.74, 6) is 0.434. The van der Waals surface area contributed by atoms with E-state index in [1.807, 2.05) is 0 Å². The molecule has 0 aliphatic carbocycles. The zero-order valence-corrected chi connectivity index (χ0v) is 13.9. The number of hydrogen-bond acceptors (Lipinski definition) is 5. The number of likely N-dealkylation sites (tertiary alicyclic amines) is 1. The average Bonchev–Trinajstić information content (AvgIpc) is 2.96. The van der Waals surface area contributed by atoms with Crippen molar-refractivity contribution in [3.63, 3.8) is 0 Å². The second kappa shape index (κ2) is 5.96. The lowest BCUT2D eigenvalue weighted by Crippen LogP contribution is -2.53. The summed E-state index contributed by atoms with van der Waals surface area (Å²) >= 11 is 1.30. The topological polar surface area (TPSA) is 60.9 Å². The highest BCUT2D eigenvalue weighted by Crippen LogP contribution is 2.33. The molecule has 7 heteroatoms. The Labute approximate surface area is 130 Å². The van der Waals surface area contributed by atoms with Crippen molar-refractivity contribution < 1.29 is 13.5 Å². The van der Waals surface area contributed by atoms with Crippen LogP contribution in [0.3, 0.4) is 0 Å². The molecule has 3 rings (SSSR count). The van der Waals surface area contributed by atoms with Crippen LogP contribution in [0, 0.1) is 5.92 Å². The molecule has 2 saturated heterocycles. The van der Waals surface area contributed by atoms with Gasteiger partial charge in [-0.25, -0.2) is 8.42 Å². The van der Waals surface area contributed by atoms with Crippen LogP contribution in [0.4, 0.5) is 0 Å². The molecule has 2 fully saturated rings. The largest absolute Gasteiger partial charge is 0.391 e. The van der Waals surface area contributed by atoms with Crippen molar-refractivity contribution in [1.82, 2.24) is 9.21 Å². The Morgan fingerprint density at radius 2 is 2.19 bits per heavy atom. The minimum absolute atomic E-state index is 0.213. The summed E-state index contributed by atoms with van der Waals surface area (Å²) in [6, 6.07) is 2.13. The number of fused-ring (bicyclic) bond motifs is 1. The first-order valence-corrected chi connectivity index (χ1v) is 9.73. The average molecular weight is 330 g/mol. The number of rotatable bonds is 3. The smallest absolute Gasteiger partial charge is 0.244 e. The minimum Gasteiger partial charge on any atom is -0.391 e. The molecule has 3 heterocycles. The quantitative estimate of drug-likeness (QED) is 0.909. The molecular formula is C14H22N2O3S2. The van der Waals surface area contributed by atoms with E-state index in [9.17, 15) is 13.5 Å². The first-order chi connectivity index (χ1) is 10.0. The Hall–Kier alpha value is -0.470. The van der Waals surface area contributed by atoms with E-state index in [1.165, 1.54) is 11.3 Å². The second-order valence-corrected chi connectivity index (χ2v) is 8.88. The van der Waals surface area contributed by atoms with Gasteiger partial charge in [-0.15, -0.1) is 11.3 Å². The van der Waals surface area contributed by atoms with E-state index >= 15 is 0 Å². The fraction of sp³-hybridized carbons (Fsp3) is 0.714. The molecule has 2 aliphatic heterocycles. The van der Waals surface area contributed by atoms with Crippen molar-refractivity contribution in [1.29, 1.82) is 0 Å². The van der Waals surface area contributed by atoms with Crippen LogP contribution in [0.2, 0.25) is 0 Å². The van der Waals surface area contributed by atoms with Crippen molar-refractivity contribution in [2.75, 3.05) is 26.7 Å². The summed E-state index contributed by atoms with van der Waals surface area (Å²) < 4.78 is 27.2. The zero-order valence-electron chi connectivity index (χ0n) is 12.2. The predicted octanol–water partition coefficient (Wildman–Crippen LogP) is 1.35. The molecule has 21 heavy (non-hydrogen) atoms. The van der Waals surface area contributed by atoms with E-state index in [-0.39, 0.29) is 11.5 Å². The van der Waals surface area contributed by atoms with Gasteiger partial charge in [-0.1, -0.05) is 0 Å². The van der Waals surface area contributed by atoms with Crippen molar-refractivity contribution in [3.05, 3.63) is 16.3 Å². The molecule has 5 nitrogen and oxygen atoms in total. The van der Waals surface area contributed by atoms with Crippen molar-refractivity contribution in [3.8, 4) is 0 Å². The third-order valence-electron chi connectivity index (χ3n) is 4.77. The van der Waals surface area contributed by atoms with Gasteiger partial charge in [0.1, 0.15) is 0 Å². The molecule has 0 radical (unpaired) electrons. The van der Waals surface area contributed by atoms with Crippen LogP contribution < -0.4 is 0 Å². The monoisotopic (exact) mass is 330 g/mol. The normalized spacial score (nSPS) is 28.5. The van der Waals surface area contributed by atoms with Gasteiger partial charge in [0, 0.05) is 24.0 Å². The van der Waals surface area contributed by atoms with Gasteiger partial charge >= 0.3 is 0 Å². The van der Waals surface area contributed by atoms with Crippen LogP contribution in [0.1, 0.15) is 24.1 Å². The lowest BCUT2D eigenvalue weighted by Gasteiger charge is -2.45. The van der Waals surface area contributed by atoms with Gasteiger partial charge < -0.3 is 10.0 Å². The maximum absolute atomic E-state index is 12.8. The van der Waals surface area contributed by atoms with Crippen molar-refractivity contribution in [2.45, 2.75) is 36.8 Å². The summed E-state index contributed by atoms with van der Waals surface area (Å²) in [7, 11) is -1.32. The molecule has 118 valence electrons. The lowest BCUT2D eigenvalue weighted by atomic mass is 9.85. The first kappa shape index (κ1) is 15.4. The van der Waals surface area contributed by atoms with Crippen molar-refractivity contribution >= 4 is 21.4 Å². The summed E-state index contributed by atoms with van der Waals surface area (Å²) in [5.41, 5.74) is 0. The van der Waals surface area contributed by atoms with Gasteiger partial charge in [0.2, 0.25) is 10.0 Å². The highest BCUT2D eigenvalue weighted by atomic mass is 32.2. The van der Waals surface area contributed by atoms with Gasteiger partial charge in [-0.2, -0.15) is 4.31 Å². The van der Waals surface area contributed by atoms with Gasteiger partial charge in [-0.05, 0) is 50.2 Å². The van der Waals surface area contributed by atoms with Gasteiger partial charge in [-0.3, -0.25) is 0 Å². The third kappa shape index (κ3) is 2.77. The van der Waals surface area contributed by atoms with E-state index in [2.05, 4.69) is 11.9 Å². The SMILES string of the molecule is CN1CCCC2CN(S(=O)(=O)c3ccsc3CO)CCC21. The summed E-state index contributed by atoms with van der Waals surface area (Å²) in [6.07, 6.45) is 3.16. The van der Waals surface area contributed by atoms with E-state index in [0.29, 0.717) is 29.9 Å². The number of thiophene rings is 1. The third-order valence-corrected chi connectivity index (χ3v) is 7.76. The molecule has 1 N–H and O–H groups in total. The summed E-state index contributed by atoms with van der Waals surface area (Å²) in [4.78, 5) is 3.21. The van der Waals surface area contributed by atoms with Crippen LogP contribution in [-0.2, 0) is 16.6 Å². The van der Waals surface area contributed by atoms with Crippen LogP contribution in [0.5, 0.6) is 0 Å². The fourth-order valence-electron chi connectivity index (χ4n) is 3.65. The van der Waals surface area contributed by atoms with Crippen LogP contribution in [-0.4, -0.2) is 55.5 Å². The molecule has 2 aliphatic rings. The number of aliphatic hydroxyl groups excluding tert-OH is 1. The fourth-order valence-corrected chi connectivity index (χ4v) is 6.43. The first-order valence-electron chi connectivity index (χ1n) is 7.41. The Balaban J connectivity index is 1.81. The van der Waals surface area contributed by atoms with Crippen LogP contribution in [0.15, 0.2) is 16.3 Å². The molecule has 2 atom stereocenters. The maximum atomic E-state index is 12.8. The van der Waals surface area contributed by atoms with Crippen LogP contribution >= 0.6 is 11.3 Å². The molecule has 0 bridgehead atoms. The predicted molar refractivity (Wildman–Crippen MR) is 82.8 cm³/mol. The van der Waals surface area contributed by atoms with Crippen LogP contribution in [0.25, 0.3) is 0 Å². The highest BCUT2D eigenvalue weighted by molar-refractivity contribution is 7.89. The van der Waals surface area contributed by atoms with Gasteiger partial charge in [0.05, 0.1) is 11.5 Å². The Morgan fingerprint density at radius 3 is 2.95 bits per heavy atom. The highest BCUT2D eigenvalue weighted by Gasteiger charge is 2.39. The molecule has 0 amide bonds. The van der Waals surface area contributed by atoms with Gasteiger partial charge in [0.25, 0.3) is 0 Å². The van der Waals surface area contributed by atoms with E-state index in [0.717, 1.165) is 25.8 Å². The molecule has 1 aromatic rings. The minimum atomic E-state index is -3.46. The summed E-state index contributed by atoms with van der Waals surface area (Å²) in [5, 5.41) is 11.0. The van der Waals surface area contributed by atoms with Gasteiger partial charge in [0.15, 0.2) is 0 Å². The van der Waals surface area contributed by atoms with E-state index in [1.54, 1.807) is 15.8 Å². The number of hydrogen-bond donors (Lipinski definition) is 1. The number of piperidine rings is 2. The number of aliphatic hydroxyl groups is 1. The second-order valence-electron chi connectivity index (χ2n) is 5.97. The lowest BCUT2D eigenvalue weighted by molar-refractivity contribution is 0.0671. The van der Waals surface area contributed by atoms with E-state index in [4.69, 9.17) is 0 Å². The van der Waals surface area contributed by atoms with Crippen molar-refractivity contribution in [2.24, 2.45) is 5.92 Å². The Bertz CT molecular complexity index is 599. The molecule has 0 saturated carbocycles. The molecule has 2 unspecified atom stereocenters. The summed E-state index contributed by atoms with van der Waals surface area (Å²) in [6.45, 7) is 2.09. The number of nitrogens with zero attached hydrogens (tertiary/aromatic N) is 2. The standard InChI is InChI=1S/C14H22N2O3S2/c1-15-6-2-3-11-9-16(7-4-12(11)15)21(18,19)14-5-8-20-13(14)10-17/h5,8,11-12,17H,2-4,6-7,9-10H2,1H3.